The van der Waals surface area contributed by atoms with Crippen LogP contribution in [0.5, 0.6) is 0 Å². The summed E-state index contributed by atoms with van der Waals surface area (Å²) in [6.45, 7) is 2.23. The Morgan fingerprint density at radius 2 is 2.41 bits per heavy atom. The van der Waals surface area contributed by atoms with Crippen molar-refractivity contribution in [2.24, 2.45) is 5.92 Å². The minimum absolute atomic E-state index is 0.499. The van der Waals surface area contributed by atoms with E-state index < -0.39 is 0 Å². The number of nitrogens with one attached hydrogen (secondary N) is 1. The van der Waals surface area contributed by atoms with Crippen molar-refractivity contribution in [1.82, 2.24) is 14.5 Å². The summed E-state index contributed by atoms with van der Waals surface area (Å²) in [7, 11) is 0. The lowest BCUT2D eigenvalue weighted by Crippen LogP contribution is -2.09. The zero-order valence-electron chi connectivity index (χ0n) is 10.0. The highest BCUT2D eigenvalue weighted by molar-refractivity contribution is 7.71. The predicted octanol–water partition coefficient (Wildman–Crippen LogP) is 3.85. The normalized spacial score (nSPS) is 17.5. The Morgan fingerprint density at radius 3 is 3.12 bits per heavy atom. The third-order valence-electron chi connectivity index (χ3n) is 3.61. The molecule has 1 fully saturated rings. The van der Waals surface area contributed by atoms with Gasteiger partial charge in [-0.05, 0) is 43.1 Å². The average molecular weight is 247 g/mol. The van der Waals surface area contributed by atoms with Gasteiger partial charge in [0.15, 0.2) is 10.4 Å². The average Bonchev–Trinajstić information content (AvgIpc) is 3.08. The molecule has 0 amide bonds. The molecule has 1 aliphatic carbocycles. The van der Waals surface area contributed by atoms with Crippen LogP contribution >= 0.6 is 12.2 Å². The third kappa shape index (κ3) is 2.02. The van der Waals surface area contributed by atoms with Crippen molar-refractivity contribution < 1.29 is 0 Å². The van der Waals surface area contributed by atoms with Gasteiger partial charge >= 0.3 is 0 Å². The van der Waals surface area contributed by atoms with Crippen LogP contribution in [0.3, 0.4) is 0 Å². The zero-order chi connectivity index (χ0) is 11.8. The highest BCUT2D eigenvalue weighted by Gasteiger charge is 2.26. The summed E-state index contributed by atoms with van der Waals surface area (Å²) in [4.78, 5) is 7.71. The monoisotopic (exact) mass is 247 g/mol. The van der Waals surface area contributed by atoms with Gasteiger partial charge in [-0.3, -0.25) is 4.57 Å². The molecule has 4 heteroatoms. The van der Waals surface area contributed by atoms with Crippen molar-refractivity contribution >= 4 is 23.4 Å². The molecule has 0 spiro atoms. The summed E-state index contributed by atoms with van der Waals surface area (Å²) in [5.41, 5.74) is 2.05. The number of aromatic amines is 1. The van der Waals surface area contributed by atoms with E-state index in [1.807, 2.05) is 18.3 Å². The van der Waals surface area contributed by atoms with Gasteiger partial charge in [0, 0.05) is 12.2 Å². The number of rotatable bonds is 4. The molecule has 2 heterocycles. The first kappa shape index (κ1) is 11.0. The molecular weight excluding hydrogens is 230 g/mol. The first-order valence-corrected chi connectivity index (χ1v) is 6.75. The molecule has 0 radical (unpaired) electrons. The van der Waals surface area contributed by atoms with E-state index in [9.17, 15) is 0 Å². The second-order valence-corrected chi connectivity index (χ2v) is 5.30. The predicted molar refractivity (Wildman–Crippen MR) is 71.6 cm³/mol. The van der Waals surface area contributed by atoms with Crippen LogP contribution in [-0.2, 0) is 0 Å². The molecule has 17 heavy (non-hydrogen) atoms. The maximum atomic E-state index is 5.44. The van der Waals surface area contributed by atoms with Crippen molar-refractivity contribution in [3.63, 3.8) is 0 Å². The molecule has 0 saturated heterocycles. The van der Waals surface area contributed by atoms with Gasteiger partial charge in [0.25, 0.3) is 0 Å². The fraction of sp³-hybridized carbons (Fsp3) is 0.538. The number of hydrogen-bond donors (Lipinski definition) is 1. The Labute approximate surface area is 106 Å². The molecule has 1 N–H and O–H groups in total. The number of imidazole rings is 1. The molecular formula is C13H17N3S. The molecule has 90 valence electrons. The Bertz CT molecular complexity index is 580. The Morgan fingerprint density at radius 1 is 1.59 bits per heavy atom. The van der Waals surface area contributed by atoms with Gasteiger partial charge in [0.1, 0.15) is 0 Å². The smallest absolute Gasteiger partial charge is 0.179 e. The second kappa shape index (κ2) is 4.26. The molecule has 1 aliphatic rings. The molecule has 2 aromatic rings. The highest BCUT2D eigenvalue weighted by Crippen LogP contribution is 2.38. The van der Waals surface area contributed by atoms with Crippen LogP contribution in [0.2, 0.25) is 0 Å². The van der Waals surface area contributed by atoms with Gasteiger partial charge in [0.05, 0.1) is 5.52 Å². The molecule has 1 saturated carbocycles. The molecule has 1 atom stereocenters. The topological polar surface area (TPSA) is 33.6 Å². The van der Waals surface area contributed by atoms with Crippen LogP contribution in [0.25, 0.3) is 11.2 Å². The molecule has 1 unspecified atom stereocenters. The summed E-state index contributed by atoms with van der Waals surface area (Å²) in [6, 6.07) is 4.48. The zero-order valence-corrected chi connectivity index (χ0v) is 10.8. The quantitative estimate of drug-likeness (QED) is 0.833. The number of H-pyrrole nitrogens is 1. The first-order chi connectivity index (χ1) is 8.29. The third-order valence-corrected chi connectivity index (χ3v) is 3.91. The van der Waals surface area contributed by atoms with E-state index in [2.05, 4.69) is 21.5 Å². The number of hydrogen-bond acceptors (Lipinski definition) is 2. The van der Waals surface area contributed by atoms with Crippen LogP contribution in [0.1, 0.15) is 38.6 Å². The van der Waals surface area contributed by atoms with E-state index in [1.54, 1.807) is 0 Å². The summed E-state index contributed by atoms with van der Waals surface area (Å²) in [6.07, 6.45) is 6.98. The number of pyridine rings is 1. The minimum Gasteiger partial charge on any atom is -0.329 e. The summed E-state index contributed by atoms with van der Waals surface area (Å²) >= 11 is 5.44. The summed E-state index contributed by atoms with van der Waals surface area (Å²) in [5, 5.41) is 0. The Hall–Kier alpha value is -1.16. The molecule has 3 nitrogen and oxygen atoms in total. The SMILES string of the molecule is CCC(CC1CC1)n1c(=S)[nH]c2cccnc21. The molecule has 0 aromatic carbocycles. The van der Waals surface area contributed by atoms with Crippen molar-refractivity contribution in [2.45, 2.75) is 38.6 Å². The maximum absolute atomic E-state index is 5.44. The lowest BCUT2D eigenvalue weighted by Gasteiger charge is -2.16. The van der Waals surface area contributed by atoms with Gasteiger partial charge < -0.3 is 4.98 Å². The van der Waals surface area contributed by atoms with Gasteiger partial charge in [-0.1, -0.05) is 19.8 Å². The van der Waals surface area contributed by atoms with Crippen LogP contribution < -0.4 is 0 Å². The fourth-order valence-corrected chi connectivity index (χ4v) is 2.84. The lowest BCUT2D eigenvalue weighted by molar-refractivity contribution is 0.432. The van der Waals surface area contributed by atoms with Crippen LogP contribution in [0.15, 0.2) is 18.3 Å². The van der Waals surface area contributed by atoms with Gasteiger partial charge in [-0.15, -0.1) is 0 Å². The number of fused-ring (bicyclic) bond motifs is 1. The molecule has 3 rings (SSSR count). The largest absolute Gasteiger partial charge is 0.329 e. The fourth-order valence-electron chi connectivity index (χ4n) is 2.49. The first-order valence-electron chi connectivity index (χ1n) is 6.35. The molecule has 2 aromatic heterocycles. The van der Waals surface area contributed by atoms with Gasteiger partial charge in [-0.2, -0.15) is 0 Å². The highest BCUT2D eigenvalue weighted by atomic mass is 32.1. The van der Waals surface area contributed by atoms with E-state index in [0.717, 1.165) is 28.3 Å². The van der Waals surface area contributed by atoms with Crippen LogP contribution in [0.4, 0.5) is 0 Å². The minimum atomic E-state index is 0.499. The number of aromatic nitrogens is 3. The second-order valence-electron chi connectivity index (χ2n) is 4.92. The molecule has 0 aliphatic heterocycles. The maximum Gasteiger partial charge on any atom is 0.179 e. The standard InChI is InChI=1S/C13H17N3S/c1-2-10(8-9-5-6-9)16-12-11(15-13(16)17)4-3-7-14-12/h3-4,7,9-10H,2,5-6,8H2,1H3,(H,15,17). The Kier molecular flexibility index (Phi) is 2.74. The van der Waals surface area contributed by atoms with E-state index in [0.29, 0.717) is 6.04 Å². The van der Waals surface area contributed by atoms with E-state index in [4.69, 9.17) is 12.2 Å². The van der Waals surface area contributed by atoms with E-state index >= 15 is 0 Å². The van der Waals surface area contributed by atoms with E-state index in [-0.39, 0.29) is 0 Å². The van der Waals surface area contributed by atoms with Crippen molar-refractivity contribution in [2.75, 3.05) is 0 Å². The van der Waals surface area contributed by atoms with E-state index in [1.165, 1.54) is 19.3 Å². The van der Waals surface area contributed by atoms with Crippen molar-refractivity contribution in [3.05, 3.63) is 23.1 Å². The number of nitrogens with zero attached hydrogens (tertiary/aromatic N) is 2. The lowest BCUT2D eigenvalue weighted by atomic mass is 10.1. The summed E-state index contributed by atoms with van der Waals surface area (Å²) in [5.74, 6) is 0.913. The van der Waals surface area contributed by atoms with Crippen LogP contribution in [0, 0.1) is 10.7 Å². The van der Waals surface area contributed by atoms with Crippen molar-refractivity contribution in [3.8, 4) is 0 Å². The Balaban J connectivity index is 2.07. The molecule has 0 bridgehead atoms. The van der Waals surface area contributed by atoms with Gasteiger partial charge in [-0.25, -0.2) is 4.98 Å². The van der Waals surface area contributed by atoms with Crippen LogP contribution in [-0.4, -0.2) is 14.5 Å². The van der Waals surface area contributed by atoms with Gasteiger partial charge in [0.2, 0.25) is 0 Å². The summed E-state index contributed by atoms with van der Waals surface area (Å²) < 4.78 is 3.02. The van der Waals surface area contributed by atoms with Crippen molar-refractivity contribution in [1.29, 1.82) is 0 Å².